The number of carbonyl (C=O) groups excluding carboxylic acids is 1. The largest absolute Gasteiger partial charge is 0.480 e. The van der Waals surface area contributed by atoms with Crippen LogP contribution < -0.4 is 5.32 Å². The van der Waals surface area contributed by atoms with Gasteiger partial charge in [-0.05, 0) is 19.4 Å². The van der Waals surface area contributed by atoms with Crippen LogP contribution in [-0.4, -0.2) is 48.1 Å². The van der Waals surface area contributed by atoms with Crippen molar-refractivity contribution >= 4 is 24.3 Å². The van der Waals surface area contributed by atoms with Crippen molar-refractivity contribution in [2.45, 2.75) is 33.1 Å². The van der Waals surface area contributed by atoms with Crippen LogP contribution in [0, 0.1) is 0 Å². The van der Waals surface area contributed by atoms with Gasteiger partial charge in [-0.1, -0.05) is 20.3 Å². The number of amides is 1. The molecule has 0 aromatic carbocycles. The first-order chi connectivity index (χ1) is 7.60. The van der Waals surface area contributed by atoms with Crippen molar-refractivity contribution in [3.8, 4) is 0 Å². The molecule has 0 aromatic heterocycles. The summed E-state index contributed by atoms with van der Waals surface area (Å²) in [5.41, 5.74) is 0. The van der Waals surface area contributed by atoms with Crippen LogP contribution in [0.3, 0.4) is 0 Å². The molecule has 0 radical (unpaired) electrons. The zero-order valence-electron chi connectivity index (χ0n) is 10.6. The summed E-state index contributed by atoms with van der Waals surface area (Å²) in [6.07, 6.45) is 2.84. The van der Waals surface area contributed by atoms with Gasteiger partial charge in [0.1, 0.15) is 0 Å². The van der Waals surface area contributed by atoms with Crippen molar-refractivity contribution in [1.29, 1.82) is 0 Å². The maximum Gasteiger partial charge on any atom is 0.317 e. The molecule has 0 aliphatic heterocycles. The summed E-state index contributed by atoms with van der Waals surface area (Å²) >= 11 is 0. The van der Waals surface area contributed by atoms with Gasteiger partial charge >= 0.3 is 5.97 Å². The Kier molecular flexibility index (Phi) is 12.7. The Morgan fingerprint density at radius 3 is 2.29 bits per heavy atom. The summed E-state index contributed by atoms with van der Waals surface area (Å²) in [4.78, 5) is 23.6. The fraction of sp³-hybridized carbons (Fsp3) is 0.818. The van der Waals surface area contributed by atoms with Gasteiger partial charge in [0.25, 0.3) is 0 Å². The van der Waals surface area contributed by atoms with E-state index in [1.54, 1.807) is 4.90 Å². The molecular weight excluding hydrogens is 244 g/mol. The molecule has 0 saturated heterocycles. The molecule has 0 spiro atoms. The SMILES string of the molecule is CCCCNC(=O)CN(CCC)CC(=O)O.Cl. The Hall–Kier alpha value is -0.810. The number of unbranched alkanes of at least 4 members (excludes halogenated alkanes) is 1. The van der Waals surface area contributed by atoms with Crippen LogP contribution in [0.4, 0.5) is 0 Å². The number of hydrogen-bond donors (Lipinski definition) is 2. The van der Waals surface area contributed by atoms with Crippen molar-refractivity contribution in [1.82, 2.24) is 10.2 Å². The first kappa shape index (κ1) is 18.6. The lowest BCUT2D eigenvalue weighted by Gasteiger charge is -2.18. The van der Waals surface area contributed by atoms with E-state index in [4.69, 9.17) is 5.11 Å². The summed E-state index contributed by atoms with van der Waals surface area (Å²) in [6.45, 7) is 5.42. The molecule has 102 valence electrons. The molecule has 6 heteroatoms. The Morgan fingerprint density at radius 1 is 1.18 bits per heavy atom. The lowest BCUT2D eigenvalue weighted by Crippen LogP contribution is -2.40. The average Bonchev–Trinajstić information content (AvgIpc) is 2.17. The van der Waals surface area contributed by atoms with Gasteiger partial charge < -0.3 is 10.4 Å². The van der Waals surface area contributed by atoms with Crippen LogP contribution in [0.2, 0.25) is 0 Å². The van der Waals surface area contributed by atoms with Crippen LogP contribution in [0.25, 0.3) is 0 Å². The molecule has 0 heterocycles. The molecule has 0 unspecified atom stereocenters. The highest BCUT2D eigenvalue weighted by Crippen LogP contribution is 1.91. The third-order valence-electron chi connectivity index (χ3n) is 2.12. The van der Waals surface area contributed by atoms with Gasteiger partial charge in [0.05, 0.1) is 13.1 Å². The Balaban J connectivity index is 0. The summed E-state index contributed by atoms with van der Waals surface area (Å²) < 4.78 is 0. The van der Waals surface area contributed by atoms with E-state index < -0.39 is 5.97 Å². The lowest BCUT2D eigenvalue weighted by molar-refractivity contribution is -0.138. The van der Waals surface area contributed by atoms with Gasteiger partial charge in [-0.3, -0.25) is 14.5 Å². The van der Waals surface area contributed by atoms with Crippen molar-refractivity contribution < 1.29 is 14.7 Å². The van der Waals surface area contributed by atoms with E-state index in [9.17, 15) is 9.59 Å². The smallest absolute Gasteiger partial charge is 0.317 e. The number of nitrogens with one attached hydrogen (secondary N) is 1. The Labute approximate surface area is 109 Å². The minimum absolute atomic E-state index is 0. The fourth-order valence-corrected chi connectivity index (χ4v) is 1.39. The van der Waals surface area contributed by atoms with Gasteiger partial charge in [-0.2, -0.15) is 0 Å². The first-order valence-electron chi connectivity index (χ1n) is 5.81. The Bertz CT molecular complexity index is 225. The zero-order valence-corrected chi connectivity index (χ0v) is 11.4. The molecule has 0 saturated carbocycles. The maximum absolute atomic E-state index is 11.4. The number of carboxylic acids is 1. The highest BCUT2D eigenvalue weighted by molar-refractivity contribution is 5.85. The molecule has 0 fully saturated rings. The second kappa shape index (κ2) is 11.7. The number of carboxylic acid groups (broad SMARTS) is 1. The second-order valence-corrected chi connectivity index (χ2v) is 3.81. The number of aliphatic carboxylic acids is 1. The molecule has 2 N–H and O–H groups in total. The van der Waals surface area contributed by atoms with Crippen LogP contribution in [-0.2, 0) is 9.59 Å². The van der Waals surface area contributed by atoms with Gasteiger partial charge in [0.2, 0.25) is 5.91 Å². The molecule has 17 heavy (non-hydrogen) atoms. The third kappa shape index (κ3) is 11.5. The highest BCUT2D eigenvalue weighted by Gasteiger charge is 2.12. The Morgan fingerprint density at radius 2 is 1.82 bits per heavy atom. The van der Waals surface area contributed by atoms with Gasteiger partial charge in [0, 0.05) is 6.54 Å². The van der Waals surface area contributed by atoms with Crippen molar-refractivity contribution in [3.63, 3.8) is 0 Å². The second-order valence-electron chi connectivity index (χ2n) is 3.81. The van der Waals surface area contributed by atoms with Gasteiger partial charge in [-0.25, -0.2) is 0 Å². The molecule has 0 bridgehead atoms. The standard InChI is InChI=1S/C11H22N2O3.ClH/c1-3-5-6-12-10(14)8-13(7-4-2)9-11(15)16;/h3-9H2,1-2H3,(H,12,14)(H,15,16);1H. The number of halogens is 1. The predicted octanol–water partition coefficient (Wildman–Crippen LogP) is 1.12. The van der Waals surface area contributed by atoms with Gasteiger partial charge in [0.15, 0.2) is 0 Å². The lowest BCUT2D eigenvalue weighted by atomic mass is 10.3. The first-order valence-corrected chi connectivity index (χ1v) is 5.81. The minimum atomic E-state index is -0.894. The molecule has 1 amide bonds. The van der Waals surface area contributed by atoms with E-state index >= 15 is 0 Å². The molecule has 5 nitrogen and oxygen atoms in total. The molecule has 0 rings (SSSR count). The number of carbonyl (C=O) groups is 2. The average molecular weight is 267 g/mol. The summed E-state index contributed by atoms with van der Waals surface area (Å²) in [6, 6.07) is 0. The minimum Gasteiger partial charge on any atom is -0.480 e. The summed E-state index contributed by atoms with van der Waals surface area (Å²) in [7, 11) is 0. The monoisotopic (exact) mass is 266 g/mol. The van der Waals surface area contributed by atoms with E-state index in [2.05, 4.69) is 12.2 Å². The maximum atomic E-state index is 11.4. The number of hydrogen-bond acceptors (Lipinski definition) is 3. The van der Waals surface area contributed by atoms with E-state index in [0.717, 1.165) is 19.3 Å². The van der Waals surface area contributed by atoms with Crippen LogP contribution in [0.1, 0.15) is 33.1 Å². The fourth-order valence-electron chi connectivity index (χ4n) is 1.39. The van der Waals surface area contributed by atoms with Crippen LogP contribution in [0.15, 0.2) is 0 Å². The van der Waals surface area contributed by atoms with E-state index in [1.165, 1.54) is 0 Å². The van der Waals surface area contributed by atoms with Crippen LogP contribution >= 0.6 is 12.4 Å². The molecule has 0 atom stereocenters. The van der Waals surface area contributed by atoms with Crippen molar-refractivity contribution in [2.75, 3.05) is 26.2 Å². The molecular formula is C11H23ClN2O3. The predicted molar refractivity (Wildman–Crippen MR) is 69.5 cm³/mol. The normalized spacial score (nSPS) is 9.82. The summed E-state index contributed by atoms with van der Waals surface area (Å²) in [5.74, 6) is -0.988. The van der Waals surface area contributed by atoms with E-state index in [-0.39, 0.29) is 31.4 Å². The molecule has 0 aliphatic rings. The van der Waals surface area contributed by atoms with E-state index in [1.807, 2.05) is 6.92 Å². The molecule has 0 aromatic rings. The summed E-state index contributed by atoms with van der Waals surface area (Å²) in [5, 5.41) is 11.4. The van der Waals surface area contributed by atoms with Gasteiger partial charge in [-0.15, -0.1) is 12.4 Å². The van der Waals surface area contributed by atoms with Crippen molar-refractivity contribution in [2.24, 2.45) is 0 Å². The topological polar surface area (TPSA) is 69.6 Å². The molecule has 0 aliphatic carbocycles. The van der Waals surface area contributed by atoms with E-state index in [0.29, 0.717) is 13.1 Å². The van der Waals surface area contributed by atoms with Crippen molar-refractivity contribution in [3.05, 3.63) is 0 Å². The number of rotatable bonds is 9. The third-order valence-corrected chi connectivity index (χ3v) is 2.12. The van der Waals surface area contributed by atoms with Crippen LogP contribution in [0.5, 0.6) is 0 Å². The zero-order chi connectivity index (χ0) is 12.4. The number of nitrogens with zero attached hydrogens (tertiary/aromatic N) is 1. The quantitative estimate of drug-likeness (QED) is 0.614. The highest BCUT2D eigenvalue weighted by atomic mass is 35.5.